The molecule has 18 heavy (non-hydrogen) atoms. The van der Waals surface area contributed by atoms with E-state index in [2.05, 4.69) is 0 Å². The van der Waals surface area contributed by atoms with Crippen LogP contribution in [0.5, 0.6) is 0 Å². The summed E-state index contributed by atoms with van der Waals surface area (Å²) < 4.78 is -1.52. The predicted octanol–water partition coefficient (Wildman–Crippen LogP) is 3.52. The van der Waals surface area contributed by atoms with Crippen LogP contribution in [-0.4, -0.2) is 32.6 Å². The molecule has 0 saturated carbocycles. The van der Waals surface area contributed by atoms with Crippen LogP contribution in [-0.2, 0) is 4.79 Å². The van der Waals surface area contributed by atoms with Gasteiger partial charge < -0.3 is 4.90 Å². The largest absolute Gasteiger partial charge is 0.334 e. The van der Waals surface area contributed by atoms with Gasteiger partial charge in [-0.25, -0.2) is 0 Å². The zero-order valence-electron chi connectivity index (χ0n) is 10.6. The lowest BCUT2D eigenvalue weighted by Crippen LogP contribution is -2.45. The molecule has 1 amide bonds. The van der Waals surface area contributed by atoms with E-state index in [1.54, 1.807) is 4.90 Å². The summed E-state index contributed by atoms with van der Waals surface area (Å²) in [5, 5.41) is -0.395. The van der Waals surface area contributed by atoms with Crippen molar-refractivity contribution in [3.05, 3.63) is 24.3 Å². The van der Waals surface area contributed by atoms with E-state index >= 15 is 0 Å². The molecule has 2 nitrogen and oxygen atoms in total. The molecule has 0 aromatic carbocycles. The van der Waals surface area contributed by atoms with Gasteiger partial charge in [0.1, 0.15) is 0 Å². The smallest absolute Gasteiger partial charge is 0.260 e. The molecule has 5 heteroatoms. The normalized spacial score (nSPS) is 34.7. The van der Waals surface area contributed by atoms with Crippen molar-refractivity contribution < 1.29 is 4.79 Å². The first kappa shape index (κ1) is 14.2. The lowest BCUT2D eigenvalue weighted by Gasteiger charge is -2.37. The number of nitrogens with zero attached hydrogens (tertiary/aromatic N) is 1. The van der Waals surface area contributed by atoms with Gasteiger partial charge in [-0.2, -0.15) is 0 Å². The molecule has 0 aromatic heterocycles. The van der Waals surface area contributed by atoms with Crippen molar-refractivity contribution in [2.45, 2.75) is 36.0 Å². The van der Waals surface area contributed by atoms with Crippen molar-refractivity contribution >= 4 is 40.7 Å². The fourth-order valence-corrected chi connectivity index (χ4v) is 3.60. The zero-order chi connectivity index (χ0) is 13.8. The second-order valence-corrected chi connectivity index (χ2v) is 7.62. The molecule has 1 aliphatic carbocycles. The van der Waals surface area contributed by atoms with Crippen LogP contribution in [0.1, 0.15) is 20.8 Å². The minimum absolute atomic E-state index is 0.274. The van der Waals surface area contributed by atoms with Gasteiger partial charge in [-0.3, -0.25) is 4.79 Å². The summed E-state index contributed by atoms with van der Waals surface area (Å²) in [6, 6.07) is 0. The molecule has 0 radical (unpaired) electrons. The van der Waals surface area contributed by atoms with Gasteiger partial charge in [0, 0.05) is 12.1 Å². The molecular formula is C13H16Cl3NO. The summed E-state index contributed by atoms with van der Waals surface area (Å²) >= 11 is 19.1. The lowest BCUT2D eigenvalue weighted by atomic mass is 9.79. The maximum absolute atomic E-state index is 12.4. The highest BCUT2D eigenvalue weighted by molar-refractivity contribution is 6.59. The van der Waals surface area contributed by atoms with Crippen LogP contribution >= 0.6 is 34.8 Å². The molecule has 1 spiro atoms. The molecule has 1 fully saturated rings. The Morgan fingerprint density at radius 2 is 1.94 bits per heavy atom. The van der Waals surface area contributed by atoms with Crippen molar-refractivity contribution in [2.75, 3.05) is 6.54 Å². The Kier molecular flexibility index (Phi) is 3.29. The van der Waals surface area contributed by atoms with Crippen molar-refractivity contribution in [3.63, 3.8) is 0 Å². The summed E-state index contributed by atoms with van der Waals surface area (Å²) in [6.45, 7) is 6.30. The van der Waals surface area contributed by atoms with Crippen molar-refractivity contribution in [2.24, 2.45) is 5.41 Å². The Morgan fingerprint density at radius 3 is 2.39 bits per heavy atom. The Morgan fingerprint density at radius 1 is 1.33 bits per heavy atom. The summed E-state index contributed by atoms with van der Waals surface area (Å²) in [4.78, 5) is 14.1. The number of rotatable bonds is 0. The highest BCUT2D eigenvalue weighted by atomic mass is 35.5. The van der Waals surface area contributed by atoms with Gasteiger partial charge in [0.2, 0.25) is 4.33 Å². The average Bonchev–Trinajstić information content (AvgIpc) is 2.44. The van der Waals surface area contributed by atoms with Crippen LogP contribution in [0, 0.1) is 5.41 Å². The Balaban J connectivity index is 2.49. The van der Waals surface area contributed by atoms with Crippen LogP contribution < -0.4 is 0 Å². The SMILES string of the molecule is CC(C)(C)N1CC2(C=CC=C[C@@H]2Cl)C(Cl)(Cl)C1=O. The standard InChI is InChI=1S/C13H16Cl3NO/c1-11(2,3)17-8-12(13(15,16)10(17)18)7-5-4-6-9(12)14/h4-7,9H,8H2,1-3H3/t9-,12?/m0/s1. The van der Waals surface area contributed by atoms with E-state index in [1.165, 1.54) is 0 Å². The molecule has 1 saturated heterocycles. The second-order valence-electron chi connectivity index (χ2n) is 5.82. The third-order valence-electron chi connectivity index (χ3n) is 3.60. The number of alkyl halides is 3. The summed E-state index contributed by atoms with van der Waals surface area (Å²) in [5.74, 6) is -0.274. The van der Waals surface area contributed by atoms with E-state index in [0.717, 1.165) is 0 Å². The highest BCUT2D eigenvalue weighted by Crippen LogP contribution is 2.55. The first-order valence-corrected chi connectivity index (χ1v) is 7.02. The Hall–Kier alpha value is -0.180. The molecule has 2 atom stereocenters. The summed E-state index contributed by atoms with van der Waals surface area (Å²) in [5.41, 5.74) is -1.10. The average molecular weight is 309 g/mol. The van der Waals surface area contributed by atoms with Gasteiger partial charge in [-0.1, -0.05) is 47.5 Å². The Labute approximate surface area is 123 Å². The van der Waals surface area contributed by atoms with E-state index in [-0.39, 0.29) is 11.4 Å². The molecule has 0 bridgehead atoms. The Bertz CT molecular complexity index is 436. The minimum atomic E-state index is -1.52. The van der Waals surface area contributed by atoms with E-state index in [4.69, 9.17) is 34.8 Å². The number of likely N-dealkylation sites (tertiary alicyclic amines) is 1. The van der Waals surface area contributed by atoms with Gasteiger partial charge in [0.05, 0.1) is 10.8 Å². The number of carbonyl (C=O) groups excluding carboxylic acids is 1. The zero-order valence-corrected chi connectivity index (χ0v) is 12.9. The molecule has 0 N–H and O–H groups in total. The van der Waals surface area contributed by atoms with Crippen LogP contribution in [0.25, 0.3) is 0 Å². The highest BCUT2D eigenvalue weighted by Gasteiger charge is 2.65. The van der Waals surface area contributed by atoms with Gasteiger partial charge >= 0.3 is 0 Å². The molecule has 2 aliphatic rings. The van der Waals surface area contributed by atoms with Crippen molar-refractivity contribution in [1.29, 1.82) is 0 Å². The van der Waals surface area contributed by atoms with Crippen LogP contribution in [0.4, 0.5) is 0 Å². The van der Waals surface area contributed by atoms with Gasteiger partial charge in [0.25, 0.3) is 5.91 Å². The van der Waals surface area contributed by atoms with Gasteiger partial charge in [0.15, 0.2) is 0 Å². The minimum Gasteiger partial charge on any atom is -0.334 e. The van der Waals surface area contributed by atoms with E-state index in [1.807, 2.05) is 45.1 Å². The molecular weight excluding hydrogens is 293 g/mol. The molecule has 100 valence electrons. The number of carbonyl (C=O) groups is 1. The van der Waals surface area contributed by atoms with Gasteiger partial charge in [-0.15, -0.1) is 11.6 Å². The topological polar surface area (TPSA) is 20.3 Å². The quantitative estimate of drug-likeness (QED) is 0.627. The van der Waals surface area contributed by atoms with Crippen LogP contribution in [0.3, 0.4) is 0 Å². The van der Waals surface area contributed by atoms with Crippen molar-refractivity contribution in [3.8, 4) is 0 Å². The maximum Gasteiger partial charge on any atom is 0.260 e. The van der Waals surface area contributed by atoms with Crippen molar-refractivity contribution in [1.82, 2.24) is 4.90 Å². The lowest BCUT2D eigenvalue weighted by molar-refractivity contribution is -0.132. The number of hydrogen-bond donors (Lipinski definition) is 0. The second kappa shape index (κ2) is 4.16. The third kappa shape index (κ3) is 1.81. The fraction of sp³-hybridized carbons (Fsp3) is 0.615. The molecule has 1 aliphatic heterocycles. The third-order valence-corrected chi connectivity index (χ3v) is 5.17. The number of allylic oxidation sites excluding steroid dienone is 3. The maximum atomic E-state index is 12.4. The number of hydrogen-bond acceptors (Lipinski definition) is 1. The number of halogens is 3. The first-order valence-electron chi connectivity index (χ1n) is 5.83. The van der Waals surface area contributed by atoms with E-state index in [9.17, 15) is 4.79 Å². The molecule has 1 unspecified atom stereocenters. The van der Waals surface area contributed by atoms with E-state index < -0.39 is 15.1 Å². The fourth-order valence-electron chi connectivity index (χ4n) is 2.41. The van der Waals surface area contributed by atoms with Crippen LogP contribution in [0.15, 0.2) is 24.3 Å². The van der Waals surface area contributed by atoms with Gasteiger partial charge in [-0.05, 0) is 20.8 Å². The summed E-state index contributed by atoms with van der Waals surface area (Å²) in [7, 11) is 0. The number of amides is 1. The molecule has 2 rings (SSSR count). The molecule has 1 heterocycles. The van der Waals surface area contributed by atoms with E-state index in [0.29, 0.717) is 6.54 Å². The monoisotopic (exact) mass is 307 g/mol. The molecule has 0 aromatic rings. The first-order chi connectivity index (χ1) is 8.13. The predicted molar refractivity (Wildman–Crippen MR) is 76.3 cm³/mol. The summed E-state index contributed by atoms with van der Waals surface area (Å²) in [6.07, 6.45) is 7.36. The van der Waals surface area contributed by atoms with Crippen LogP contribution in [0.2, 0.25) is 0 Å².